The van der Waals surface area contributed by atoms with Gasteiger partial charge in [0.1, 0.15) is 5.75 Å². The second kappa shape index (κ2) is 7.95. The lowest BCUT2D eigenvalue weighted by Gasteiger charge is -2.06. The van der Waals surface area contributed by atoms with Crippen LogP contribution in [-0.4, -0.2) is 5.97 Å². The zero-order chi connectivity index (χ0) is 16.7. The van der Waals surface area contributed by atoms with Crippen LogP contribution < -0.4 is 4.74 Å². The van der Waals surface area contributed by atoms with E-state index in [-0.39, 0.29) is 11.9 Å². The maximum atomic E-state index is 11.6. The number of nitriles is 1. The summed E-state index contributed by atoms with van der Waals surface area (Å²) in [5, 5.41) is 9.31. The van der Waals surface area contributed by atoms with E-state index < -0.39 is 0 Å². The summed E-state index contributed by atoms with van der Waals surface area (Å²) in [6, 6.07) is 18.9. The molecule has 0 radical (unpaired) electrons. The van der Waals surface area contributed by atoms with Crippen LogP contribution in [0.3, 0.4) is 0 Å². The van der Waals surface area contributed by atoms with Crippen molar-refractivity contribution in [2.75, 3.05) is 0 Å². The largest absolute Gasteiger partial charge is 0.427 e. The molecule has 0 aliphatic carbocycles. The van der Waals surface area contributed by atoms with Crippen LogP contribution in [0.5, 0.6) is 5.75 Å². The van der Waals surface area contributed by atoms with Crippen LogP contribution >= 0.6 is 0 Å². The first kappa shape index (κ1) is 16.5. The molecule has 0 heterocycles. The fraction of sp³-hybridized carbons (Fsp3) is 0.200. The predicted octanol–water partition coefficient (Wildman–Crippen LogP) is 4.70. The zero-order valence-electron chi connectivity index (χ0n) is 13.3. The van der Waals surface area contributed by atoms with E-state index in [1.807, 2.05) is 62.4 Å². The molecule has 0 atom stereocenters. The fourth-order valence-corrected chi connectivity index (χ4v) is 2.10. The Hall–Kier alpha value is -2.86. The van der Waals surface area contributed by atoms with E-state index in [0.717, 1.165) is 11.1 Å². The Morgan fingerprint density at radius 2 is 1.78 bits per heavy atom. The molecule has 0 aliphatic heterocycles. The highest BCUT2D eigenvalue weighted by Gasteiger charge is 2.07. The molecule has 3 nitrogen and oxygen atoms in total. The molecule has 116 valence electrons. The summed E-state index contributed by atoms with van der Waals surface area (Å²) in [6.45, 7) is 3.95. The summed E-state index contributed by atoms with van der Waals surface area (Å²) in [7, 11) is 0. The number of rotatable bonds is 5. The Labute approximate surface area is 136 Å². The molecule has 0 unspecified atom stereocenters. The van der Waals surface area contributed by atoms with E-state index in [1.54, 1.807) is 12.1 Å². The SMILES string of the molecule is CC(C)CC(=O)Oc1ccc(/C=C(/C#N)c2ccccc2)cc1. The van der Waals surface area contributed by atoms with Gasteiger partial charge < -0.3 is 4.74 Å². The molecule has 2 rings (SSSR count). The summed E-state index contributed by atoms with van der Waals surface area (Å²) in [4.78, 5) is 11.6. The molecule has 0 amide bonds. The Morgan fingerprint density at radius 3 is 2.35 bits per heavy atom. The monoisotopic (exact) mass is 305 g/mol. The summed E-state index contributed by atoms with van der Waals surface area (Å²) in [6.07, 6.45) is 2.21. The van der Waals surface area contributed by atoms with Crippen molar-refractivity contribution in [3.63, 3.8) is 0 Å². The molecule has 2 aromatic rings. The third kappa shape index (κ3) is 5.12. The van der Waals surface area contributed by atoms with Crippen LogP contribution in [0.25, 0.3) is 11.6 Å². The highest BCUT2D eigenvalue weighted by Crippen LogP contribution is 2.20. The Morgan fingerprint density at radius 1 is 1.13 bits per heavy atom. The maximum absolute atomic E-state index is 11.6. The molecular formula is C20H19NO2. The molecule has 0 aliphatic rings. The molecule has 0 saturated heterocycles. The van der Waals surface area contributed by atoms with Crippen LogP contribution in [0, 0.1) is 17.2 Å². The van der Waals surface area contributed by atoms with Crippen LogP contribution in [0.15, 0.2) is 54.6 Å². The lowest BCUT2D eigenvalue weighted by atomic mass is 10.0. The first-order valence-corrected chi connectivity index (χ1v) is 7.56. The van der Waals surface area contributed by atoms with Gasteiger partial charge in [0.25, 0.3) is 0 Å². The van der Waals surface area contributed by atoms with Crippen molar-refractivity contribution in [3.05, 3.63) is 65.7 Å². The Kier molecular flexibility index (Phi) is 5.71. The average Bonchev–Trinajstić information content (AvgIpc) is 2.54. The minimum Gasteiger partial charge on any atom is -0.427 e. The van der Waals surface area contributed by atoms with E-state index in [4.69, 9.17) is 4.74 Å². The smallest absolute Gasteiger partial charge is 0.311 e. The van der Waals surface area contributed by atoms with Gasteiger partial charge in [-0.1, -0.05) is 56.3 Å². The third-order valence-electron chi connectivity index (χ3n) is 3.20. The molecule has 0 bridgehead atoms. The zero-order valence-corrected chi connectivity index (χ0v) is 13.3. The van der Waals surface area contributed by atoms with Gasteiger partial charge in [-0.25, -0.2) is 0 Å². The topological polar surface area (TPSA) is 50.1 Å². The first-order valence-electron chi connectivity index (χ1n) is 7.56. The van der Waals surface area contributed by atoms with Gasteiger partial charge >= 0.3 is 5.97 Å². The molecule has 2 aromatic carbocycles. The number of allylic oxidation sites excluding steroid dienone is 1. The van der Waals surface area contributed by atoms with Crippen molar-refractivity contribution in [2.45, 2.75) is 20.3 Å². The van der Waals surface area contributed by atoms with E-state index in [1.165, 1.54) is 0 Å². The summed E-state index contributed by atoms with van der Waals surface area (Å²) < 4.78 is 5.27. The van der Waals surface area contributed by atoms with Gasteiger partial charge in [-0.15, -0.1) is 0 Å². The molecule has 0 saturated carbocycles. The number of carbonyl (C=O) groups is 1. The fourth-order valence-electron chi connectivity index (χ4n) is 2.10. The second-order valence-corrected chi connectivity index (χ2v) is 5.68. The van der Waals surface area contributed by atoms with Crippen molar-refractivity contribution in [1.29, 1.82) is 5.26 Å². The van der Waals surface area contributed by atoms with Crippen molar-refractivity contribution in [1.82, 2.24) is 0 Å². The average molecular weight is 305 g/mol. The number of carbonyl (C=O) groups excluding carboxylic acids is 1. The molecular weight excluding hydrogens is 286 g/mol. The molecule has 0 aromatic heterocycles. The highest BCUT2D eigenvalue weighted by molar-refractivity contribution is 5.89. The van der Waals surface area contributed by atoms with Gasteiger partial charge in [-0.3, -0.25) is 4.79 Å². The third-order valence-corrected chi connectivity index (χ3v) is 3.20. The van der Waals surface area contributed by atoms with Crippen molar-refractivity contribution in [2.24, 2.45) is 5.92 Å². The molecule has 0 fully saturated rings. The van der Waals surface area contributed by atoms with Crippen molar-refractivity contribution in [3.8, 4) is 11.8 Å². The molecule has 23 heavy (non-hydrogen) atoms. The number of esters is 1. The van der Waals surface area contributed by atoms with E-state index in [9.17, 15) is 10.1 Å². The first-order chi connectivity index (χ1) is 11.1. The number of nitrogens with zero attached hydrogens (tertiary/aromatic N) is 1. The number of hydrogen-bond acceptors (Lipinski definition) is 3. The Balaban J connectivity index is 2.12. The minimum atomic E-state index is -0.231. The van der Waals surface area contributed by atoms with Crippen LogP contribution in [-0.2, 0) is 4.79 Å². The van der Waals surface area contributed by atoms with Gasteiger partial charge in [-0.05, 0) is 35.3 Å². The van der Waals surface area contributed by atoms with Gasteiger partial charge in [-0.2, -0.15) is 5.26 Å². The number of hydrogen-bond donors (Lipinski definition) is 0. The van der Waals surface area contributed by atoms with E-state index in [0.29, 0.717) is 17.7 Å². The number of benzene rings is 2. The lowest BCUT2D eigenvalue weighted by molar-refractivity contribution is -0.135. The van der Waals surface area contributed by atoms with Crippen LogP contribution in [0.4, 0.5) is 0 Å². The van der Waals surface area contributed by atoms with Crippen molar-refractivity contribution >= 4 is 17.6 Å². The molecule has 0 spiro atoms. The lowest BCUT2D eigenvalue weighted by Crippen LogP contribution is -2.10. The second-order valence-electron chi connectivity index (χ2n) is 5.68. The van der Waals surface area contributed by atoms with Gasteiger partial charge in [0, 0.05) is 6.42 Å². The van der Waals surface area contributed by atoms with Gasteiger partial charge in [0.15, 0.2) is 0 Å². The van der Waals surface area contributed by atoms with Gasteiger partial charge in [0.05, 0.1) is 11.6 Å². The minimum absolute atomic E-state index is 0.231. The standard InChI is InChI=1S/C20H19NO2/c1-15(2)12-20(22)23-19-10-8-16(9-11-19)13-18(14-21)17-6-4-3-5-7-17/h3-11,13,15H,12H2,1-2H3/b18-13-. The summed E-state index contributed by atoms with van der Waals surface area (Å²) in [5.74, 6) is 0.560. The van der Waals surface area contributed by atoms with Crippen molar-refractivity contribution < 1.29 is 9.53 Å². The summed E-state index contributed by atoms with van der Waals surface area (Å²) in [5.41, 5.74) is 2.35. The van der Waals surface area contributed by atoms with Crippen LogP contribution in [0.2, 0.25) is 0 Å². The van der Waals surface area contributed by atoms with E-state index >= 15 is 0 Å². The Bertz CT molecular complexity index is 722. The highest BCUT2D eigenvalue weighted by atomic mass is 16.5. The molecule has 3 heteroatoms. The summed E-state index contributed by atoms with van der Waals surface area (Å²) >= 11 is 0. The van der Waals surface area contributed by atoms with Crippen LogP contribution in [0.1, 0.15) is 31.4 Å². The number of ether oxygens (including phenoxy) is 1. The quantitative estimate of drug-likeness (QED) is 0.348. The predicted molar refractivity (Wildman–Crippen MR) is 91.5 cm³/mol. The normalized spacial score (nSPS) is 11.1. The maximum Gasteiger partial charge on any atom is 0.311 e. The molecule has 0 N–H and O–H groups in total. The van der Waals surface area contributed by atoms with E-state index in [2.05, 4.69) is 6.07 Å². The van der Waals surface area contributed by atoms with Gasteiger partial charge in [0.2, 0.25) is 0 Å².